The van der Waals surface area contributed by atoms with E-state index in [1.807, 2.05) is 91.0 Å². The Bertz CT molecular complexity index is 1250. The topological polar surface area (TPSA) is 81.9 Å². The van der Waals surface area contributed by atoms with Crippen LogP contribution in [0.15, 0.2) is 115 Å². The van der Waals surface area contributed by atoms with Crippen LogP contribution in [0.4, 0.5) is 16.2 Å². The summed E-state index contributed by atoms with van der Waals surface area (Å²) in [5, 5.41) is 11.5. The summed E-state index contributed by atoms with van der Waals surface area (Å²) in [6, 6.07) is 35.9. The number of nitro groups is 1. The van der Waals surface area contributed by atoms with Crippen LogP contribution in [-0.4, -0.2) is 30.3 Å². The minimum Gasteiger partial charge on any atom is -0.441 e. The van der Waals surface area contributed by atoms with Crippen molar-refractivity contribution in [2.75, 3.05) is 18.1 Å². The van der Waals surface area contributed by atoms with Crippen LogP contribution in [0.2, 0.25) is 0 Å². The molecule has 0 N–H and O–H groups in total. The van der Waals surface area contributed by atoms with E-state index in [-0.39, 0.29) is 24.5 Å². The molecule has 180 valence electrons. The van der Waals surface area contributed by atoms with Crippen LogP contribution in [-0.2, 0) is 15.1 Å². The van der Waals surface area contributed by atoms with Crippen LogP contribution < -0.4 is 4.90 Å². The van der Waals surface area contributed by atoms with Gasteiger partial charge in [-0.05, 0) is 22.8 Å². The number of nitrogens with zero attached hydrogens (tertiary/aromatic N) is 2. The minimum atomic E-state index is -0.956. The number of amides is 1. The molecule has 0 saturated carbocycles. The van der Waals surface area contributed by atoms with E-state index in [1.54, 1.807) is 18.2 Å². The molecule has 1 aliphatic rings. The molecule has 0 radical (unpaired) electrons. The maximum atomic E-state index is 12.7. The van der Waals surface area contributed by atoms with Gasteiger partial charge in [-0.2, -0.15) is 0 Å². The molecule has 1 fully saturated rings. The van der Waals surface area contributed by atoms with Gasteiger partial charge in [0.2, 0.25) is 0 Å². The van der Waals surface area contributed by atoms with Crippen molar-refractivity contribution in [1.82, 2.24) is 0 Å². The summed E-state index contributed by atoms with van der Waals surface area (Å²) in [5.74, 6) is 0. The van der Waals surface area contributed by atoms with E-state index in [1.165, 1.54) is 11.0 Å². The third-order valence-corrected chi connectivity index (χ3v) is 6.27. The van der Waals surface area contributed by atoms with E-state index in [9.17, 15) is 14.9 Å². The first-order valence-electron chi connectivity index (χ1n) is 11.6. The number of cyclic esters (lactones) is 1. The number of carbonyl (C=O) groups excluding carboxylic acids is 1. The number of ether oxygens (including phenoxy) is 2. The lowest BCUT2D eigenvalue weighted by Crippen LogP contribution is -2.36. The van der Waals surface area contributed by atoms with Gasteiger partial charge in [0.15, 0.2) is 0 Å². The second kappa shape index (κ2) is 10.0. The van der Waals surface area contributed by atoms with Gasteiger partial charge in [0.1, 0.15) is 17.4 Å². The summed E-state index contributed by atoms with van der Waals surface area (Å²) in [6.45, 7) is 0.222. The van der Waals surface area contributed by atoms with Crippen LogP contribution in [0.25, 0.3) is 0 Å². The van der Waals surface area contributed by atoms with E-state index in [0.29, 0.717) is 0 Å². The van der Waals surface area contributed by atoms with E-state index in [2.05, 4.69) is 0 Å². The highest BCUT2D eigenvalue weighted by molar-refractivity contribution is 5.92. The average molecular weight is 481 g/mol. The van der Waals surface area contributed by atoms with Crippen LogP contribution >= 0.6 is 0 Å². The summed E-state index contributed by atoms with van der Waals surface area (Å²) >= 11 is 0. The van der Waals surface area contributed by atoms with E-state index in [4.69, 9.17) is 9.47 Å². The van der Waals surface area contributed by atoms with Crippen molar-refractivity contribution in [3.05, 3.63) is 142 Å². The van der Waals surface area contributed by atoms with Crippen molar-refractivity contribution in [1.29, 1.82) is 0 Å². The summed E-state index contributed by atoms with van der Waals surface area (Å²) in [7, 11) is 0. The molecule has 0 bridgehead atoms. The van der Waals surface area contributed by atoms with Gasteiger partial charge >= 0.3 is 6.09 Å². The van der Waals surface area contributed by atoms with E-state index < -0.39 is 22.7 Å². The molecule has 0 aliphatic carbocycles. The third kappa shape index (κ3) is 4.32. The van der Waals surface area contributed by atoms with Gasteiger partial charge in [-0.3, -0.25) is 15.0 Å². The Labute approximate surface area is 208 Å². The lowest BCUT2D eigenvalue weighted by atomic mass is 9.80. The lowest BCUT2D eigenvalue weighted by molar-refractivity contribution is -0.384. The first-order valence-corrected chi connectivity index (χ1v) is 11.6. The number of nitro benzene ring substituents is 1. The smallest absolute Gasteiger partial charge is 0.415 e. The Morgan fingerprint density at radius 3 is 1.78 bits per heavy atom. The standard InChI is InChI=1S/C29H24N2O5/c32-28-30(26-18-10-11-19-27(26)31(33)34)20-25(36-28)21-35-29(22-12-4-1-5-13-22,23-14-6-2-7-15-23)24-16-8-3-9-17-24/h1-19,25H,20-21H2/t25-/m0/s1. The van der Waals surface area contributed by atoms with Crippen LogP contribution in [0.1, 0.15) is 16.7 Å². The number of hydrogen-bond donors (Lipinski definition) is 0. The zero-order chi connectivity index (χ0) is 25.0. The molecule has 0 spiro atoms. The Hall–Kier alpha value is -4.49. The summed E-state index contributed by atoms with van der Waals surface area (Å²) in [6.07, 6.45) is -1.25. The zero-order valence-electron chi connectivity index (χ0n) is 19.4. The van der Waals surface area contributed by atoms with Crippen molar-refractivity contribution in [3.8, 4) is 0 Å². The molecule has 1 aliphatic heterocycles. The molecule has 0 aromatic heterocycles. The predicted molar refractivity (Wildman–Crippen MR) is 136 cm³/mol. The third-order valence-electron chi connectivity index (χ3n) is 6.27. The van der Waals surface area contributed by atoms with Gasteiger partial charge in [-0.1, -0.05) is 103 Å². The molecule has 4 aromatic rings. The normalized spacial score (nSPS) is 15.5. The Morgan fingerprint density at radius 1 is 0.806 bits per heavy atom. The van der Waals surface area contributed by atoms with Crippen molar-refractivity contribution >= 4 is 17.5 Å². The first kappa shape index (κ1) is 23.3. The first-order chi connectivity index (χ1) is 17.6. The fourth-order valence-electron chi connectivity index (χ4n) is 4.64. The molecule has 1 atom stereocenters. The fourth-order valence-corrected chi connectivity index (χ4v) is 4.64. The molecular formula is C29H24N2O5. The Balaban J connectivity index is 1.49. The van der Waals surface area contributed by atoms with Crippen LogP contribution in [0, 0.1) is 10.1 Å². The molecule has 36 heavy (non-hydrogen) atoms. The van der Waals surface area contributed by atoms with Crippen LogP contribution in [0.3, 0.4) is 0 Å². The minimum absolute atomic E-state index is 0.0849. The SMILES string of the molecule is O=C1O[C@H](COC(c2ccccc2)(c2ccccc2)c2ccccc2)CN1c1ccccc1[N+](=O)[O-]. The van der Waals surface area contributed by atoms with Crippen molar-refractivity contribution in [3.63, 3.8) is 0 Å². The van der Waals surface area contributed by atoms with Crippen molar-refractivity contribution in [2.24, 2.45) is 0 Å². The number of para-hydroxylation sites is 2. The molecule has 4 aromatic carbocycles. The molecule has 1 saturated heterocycles. The lowest BCUT2D eigenvalue weighted by Gasteiger charge is -2.36. The fraction of sp³-hybridized carbons (Fsp3) is 0.138. The number of carbonyl (C=O) groups is 1. The highest BCUT2D eigenvalue weighted by Crippen LogP contribution is 2.41. The quantitative estimate of drug-likeness (QED) is 0.177. The van der Waals surface area contributed by atoms with E-state index in [0.717, 1.165) is 16.7 Å². The maximum Gasteiger partial charge on any atom is 0.415 e. The second-order valence-corrected chi connectivity index (χ2v) is 8.45. The largest absolute Gasteiger partial charge is 0.441 e. The van der Waals surface area contributed by atoms with Gasteiger partial charge in [0.05, 0.1) is 18.1 Å². The van der Waals surface area contributed by atoms with Crippen molar-refractivity contribution in [2.45, 2.75) is 11.7 Å². The summed E-state index contributed by atoms with van der Waals surface area (Å²) in [5.41, 5.74) is 1.90. The van der Waals surface area contributed by atoms with Gasteiger partial charge in [-0.15, -0.1) is 0 Å². The molecule has 1 heterocycles. The molecule has 7 nitrogen and oxygen atoms in total. The Morgan fingerprint density at radius 2 is 1.28 bits per heavy atom. The molecule has 5 rings (SSSR count). The zero-order valence-corrected chi connectivity index (χ0v) is 19.4. The average Bonchev–Trinajstić information content (AvgIpc) is 3.31. The molecule has 7 heteroatoms. The van der Waals surface area contributed by atoms with Gasteiger partial charge in [0, 0.05) is 6.07 Å². The van der Waals surface area contributed by atoms with Crippen molar-refractivity contribution < 1.29 is 19.2 Å². The number of rotatable bonds is 8. The predicted octanol–water partition coefficient (Wildman–Crippen LogP) is 5.93. The van der Waals surface area contributed by atoms with Crippen LogP contribution in [0.5, 0.6) is 0 Å². The number of benzene rings is 4. The van der Waals surface area contributed by atoms with Gasteiger partial charge in [0.25, 0.3) is 5.69 Å². The van der Waals surface area contributed by atoms with E-state index >= 15 is 0 Å². The molecule has 1 amide bonds. The number of anilines is 1. The molecule has 0 unspecified atom stereocenters. The second-order valence-electron chi connectivity index (χ2n) is 8.45. The van der Waals surface area contributed by atoms with Gasteiger partial charge in [-0.25, -0.2) is 4.79 Å². The number of hydrogen-bond acceptors (Lipinski definition) is 5. The monoisotopic (exact) mass is 480 g/mol. The highest BCUT2D eigenvalue weighted by Gasteiger charge is 2.41. The molecular weight excluding hydrogens is 456 g/mol. The summed E-state index contributed by atoms with van der Waals surface area (Å²) < 4.78 is 12.3. The highest BCUT2D eigenvalue weighted by atomic mass is 16.6. The maximum absolute atomic E-state index is 12.7. The van der Waals surface area contributed by atoms with Gasteiger partial charge < -0.3 is 9.47 Å². The Kier molecular flexibility index (Phi) is 6.47. The summed E-state index contributed by atoms with van der Waals surface area (Å²) in [4.78, 5) is 25.0.